The van der Waals surface area contributed by atoms with Crippen molar-refractivity contribution in [3.8, 4) is 11.3 Å². The van der Waals surface area contributed by atoms with Crippen LogP contribution in [0.2, 0.25) is 0 Å². The summed E-state index contributed by atoms with van der Waals surface area (Å²) in [4.78, 5) is 13.8. The van der Waals surface area contributed by atoms with Crippen LogP contribution in [0.15, 0.2) is 40.9 Å². The molecule has 3 rings (SSSR count). The standard InChI is InChI=1S/C16H18N2O3/c1-18(10-14(19)11-7-8-11)16(20)13-9-15(21-17-13)12-5-3-2-4-6-12/h2-6,9,11,14,19H,7-8,10H2,1H3. The van der Waals surface area contributed by atoms with Gasteiger partial charge in [-0.1, -0.05) is 35.5 Å². The molecule has 21 heavy (non-hydrogen) atoms. The Kier molecular flexibility index (Phi) is 3.75. The molecule has 1 aromatic heterocycles. The van der Waals surface area contributed by atoms with Crippen LogP contribution in [0.25, 0.3) is 11.3 Å². The summed E-state index contributed by atoms with van der Waals surface area (Å²) >= 11 is 0. The van der Waals surface area contributed by atoms with Crippen LogP contribution >= 0.6 is 0 Å². The molecule has 1 saturated carbocycles. The molecular formula is C16H18N2O3. The van der Waals surface area contributed by atoms with Gasteiger partial charge in [0, 0.05) is 25.2 Å². The second kappa shape index (κ2) is 5.69. The number of hydrogen-bond acceptors (Lipinski definition) is 4. The zero-order chi connectivity index (χ0) is 14.8. The molecular weight excluding hydrogens is 268 g/mol. The quantitative estimate of drug-likeness (QED) is 0.915. The Bertz CT molecular complexity index is 619. The number of carbonyl (C=O) groups is 1. The first-order valence-electron chi connectivity index (χ1n) is 7.11. The third-order valence-corrected chi connectivity index (χ3v) is 3.76. The van der Waals surface area contributed by atoms with E-state index >= 15 is 0 Å². The lowest BCUT2D eigenvalue weighted by atomic mass is 10.1. The Balaban J connectivity index is 1.68. The van der Waals surface area contributed by atoms with Gasteiger partial charge in [-0.15, -0.1) is 0 Å². The zero-order valence-corrected chi connectivity index (χ0v) is 11.9. The number of nitrogens with zero attached hydrogens (tertiary/aromatic N) is 2. The summed E-state index contributed by atoms with van der Waals surface area (Å²) < 4.78 is 5.23. The molecule has 1 unspecified atom stereocenters. The summed E-state index contributed by atoms with van der Waals surface area (Å²) in [5.41, 5.74) is 1.14. The lowest BCUT2D eigenvalue weighted by Gasteiger charge is -2.19. The molecule has 5 nitrogen and oxygen atoms in total. The fourth-order valence-corrected chi connectivity index (χ4v) is 2.30. The largest absolute Gasteiger partial charge is 0.391 e. The van der Waals surface area contributed by atoms with Crippen molar-refractivity contribution in [1.82, 2.24) is 10.1 Å². The van der Waals surface area contributed by atoms with E-state index < -0.39 is 6.10 Å². The summed E-state index contributed by atoms with van der Waals surface area (Å²) in [5.74, 6) is 0.674. The number of amides is 1. The van der Waals surface area contributed by atoms with Gasteiger partial charge in [0.05, 0.1) is 6.10 Å². The Hall–Kier alpha value is -2.14. The number of likely N-dealkylation sites (N-methyl/N-ethyl adjacent to an activating group) is 1. The molecule has 1 fully saturated rings. The third-order valence-electron chi connectivity index (χ3n) is 3.76. The Morgan fingerprint density at radius 3 is 2.81 bits per heavy atom. The van der Waals surface area contributed by atoms with E-state index in [2.05, 4.69) is 5.16 Å². The first-order chi connectivity index (χ1) is 10.1. The molecule has 1 heterocycles. The Morgan fingerprint density at radius 2 is 2.14 bits per heavy atom. The van der Waals surface area contributed by atoms with E-state index in [1.807, 2.05) is 30.3 Å². The van der Waals surface area contributed by atoms with Crippen molar-refractivity contribution in [2.75, 3.05) is 13.6 Å². The fourth-order valence-electron chi connectivity index (χ4n) is 2.30. The maximum absolute atomic E-state index is 12.3. The number of aliphatic hydroxyl groups excluding tert-OH is 1. The maximum atomic E-state index is 12.3. The van der Waals surface area contributed by atoms with E-state index in [-0.39, 0.29) is 11.6 Å². The van der Waals surface area contributed by atoms with Gasteiger partial charge >= 0.3 is 0 Å². The minimum atomic E-state index is -0.445. The van der Waals surface area contributed by atoms with Gasteiger partial charge in [-0.3, -0.25) is 4.79 Å². The van der Waals surface area contributed by atoms with Gasteiger partial charge < -0.3 is 14.5 Å². The molecule has 1 N–H and O–H groups in total. The van der Waals surface area contributed by atoms with Crippen molar-refractivity contribution in [2.45, 2.75) is 18.9 Å². The van der Waals surface area contributed by atoms with Gasteiger partial charge in [-0.2, -0.15) is 0 Å². The van der Waals surface area contributed by atoms with Crippen molar-refractivity contribution >= 4 is 5.91 Å². The van der Waals surface area contributed by atoms with Crippen molar-refractivity contribution < 1.29 is 14.4 Å². The number of rotatable bonds is 5. The van der Waals surface area contributed by atoms with Crippen molar-refractivity contribution in [3.63, 3.8) is 0 Å². The molecule has 0 radical (unpaired) electrons. The molecule has 5 heteroatoms. The molecule has 0 bridgehead atoms. The van der Waals surface area contributed by atoms with E-state index in [0.717, 1.165) is 18.4 Å². The number of aliphatic hydroxyl groups is 1. The zero-order valence-electron chi connectivity index (χ0n) is 11.9. The topological polar surface area (TPSA) is 66.6 Å². The highest BCUT2D eigenvalue weighted by Gasteiger charge is 2.31. The highest BCUT2D eigenvalue weighted by atomic mass is 16.5. The third kappa shape index (κ3) is 3.13. The molecule has 0 spiro atoms. The van der Waals surface area contributed by atoms with E-state index in [9.17, 15) is 9.90 Å². The van der Waals surface area contributed by atoms with E-state index in [4.69, 9.17) is 4.52 Å². The number of aromatic nitrogens is 1. The highest BCUT2D eigenvalue weighted by Crippen LogP contribution is 2.32. The monoisotopic (exact) mass is 286 g/mol. The van der Waals surface area contributed by atoms with Crippen LogP contribution < -0.4 is 0 Å². The summed E-state index contributed by atoms with van der Waals surface area (Å²) in [5, 5.41) is 13.7. The molecule has 1 aromatic carbocycles. The predicted molar refractivity (Wildman–Crippen MR) is 77.6 cm³/mol. The molecule has 1 aliphatic carbocycles. The lowest BCUT2D eigenvalue weighted by molar-refractivity contribution is 0.0636. The second-order valence-corrected chi connectivity index (χ2v) is 5.53. The SMILES string of the molecule is CN(CC(O)C1CC1)C(=O)c1cc(-c2ccccc2)on1. The first kappa shape index (κ1) is 13.8. The van der Waals surface area contributed by atoms with Crippen LogP contribution in [0.3, 0.4) is 0 Å². The van der Waals surface area contributed by atoms with Gasteiger partial charge in [0.1, 0.15) is 0 Å². The van der Waals surface area contributed by atoms with E-state index in [0.29, 0.717) is 18.2 Å². The number of carbonyl (C=O) groups excluding carboxylic acids is 1. The average Bonchev–Trinajstić information content (AvgIpc) is 3.25. The Morgan fingerprint density at radius 1 is 1.43 bits per heavy atom. The van der Waals surface area contributed by atoms with E-state index in [1.54, 1.807) is 13.1 Å². The van der Waals surface area contributed by atoms with Crippen molar-refractivity contribution in [3.05, 3.63) is 42.1 Å². The van der Waals surface area contributed by atoms with Gasteiger partial charge in [0.25, 0.3) is 5.91 Å². The van der Waals surface area contributed by atoms with Crippen LogP contribution in [-0.4, -0.2) is 40.8 Å². The minimum Gasteiger partial charge on any atom is -0.391 e. The normalized spacial score (nSPS) is 15.7. The molecule has 110 valence electrons. The minimum absolute atomic E-state index is 0.236. The summed E-state index contributed by atoms with van der Waals surface area (Å²) in [6.45, 7) is 0.330. The average molecular weight is 286 g/mol. The lowest BCUT2D eigenvalue weighted by Crippen LogP contribution is -2.35. The highest BCUT2D eigenvalue weighted by molar-refractivity contribution is 5.93. The smallest absolute Gasteiger partial charge is 0.275 e. The summed E-state index contributed by atoms with van der Waals surface area (Å²) in [6, 6.07) is 11.1. The number of benzene rings is 1. The van der Waals surface area contributed by atoms with Crippen molar-refractivity contribution in [1.29, 1.82) is 0 Å². The van der Waals surface area contributed by atoms with Gasteiger partial charge in [0.15, 0.2) is 11.5 Å². The molecule has 0 aliphatic heterocycles. The first-order valence-corrected chi connectivity index (χ1v) is 7.11. The van der Waals surface area contributed by atoms with Crippen LogP contribution in [0.1, 0.15) is 23.3 Å². The van der Waals surface area contributed by atoms with Crippen LogP contribution in [0.4, 0.5) is 0 Å². The Labute approximate surface area is 123 Å². The van der Waals surface area contributed by atoms with Gasteiger partial charge in [-0.05, 0) is 18.8 Å². The predicted octanol–water partition coefficient (Wildman–Crippen LogP) is 2.18. The van der Waals surface area contributed by atoms with E-state index in [1.165, 1.54) is 4.90 Å². The molecule has 1 aliphatic rings. The second-order valence-electron chi connectivity index (χ2n) is 5.53. The van der Waals surface area contributed by atoms with Crippen molar-refractivity contribution in [2.24, 2.45) is 5.92 Å². The van der Waals surface area contributed by atoms with Gasteiger partial charge in [-0.25, -0.2) is 0 Å². The molecule has 0 saturated heterocycles. The fraction of sp³-hybridized carbons (Fsp3) is 0.375. The molecule has 1 atom stereocenters. The molecule has 2 aromatic rings. The summed E-state index contributed by atoms with van der Waals surface area (Å²) in [6.07, 6.45) is 1.65. The number of hydrogen-bond donors (Lipinski definition) is 1. The maximum Gasteiger partial charge on any atom is 0.275 e. The van der Waals surface area contributed by atoms with Crippen LogP contribution in [-0.2, 0) is 0 Å². The van der Waals surface area contributed by atoms with Crippen LogP contribution in [0, 0.1) is 5.92 Å². The van der Waals surface area contributed by atoms with Crippen LogP contribution in [0.5, 0.6) is 0 Å². The molecule has 1 amide bonds. The van der Waals surface area contributed by atoms with Gasteiger partial charge in [0.2, 0.25) is 0 Å². The summed E-state index contributed by atoms with van der Waals surface area (Å²) in [7, 11) is 1.67.